The SMILES string of the molecule is C[C@@H]1O[C@H](Oc2ccc(CC#N)cc2O)[C@H](O)[C@H](O)[C@H]1O. The van der Waals surface area contributed by atoms with Crippen LogP contribution in [0.4, 0.5) is 0 Å². The van der Waals surface area contributed by atoms with Gasteiger partial charge in [-0.3, -0.25) is 0 Å². The van der Waals surface area contributed by atoms with E-state index in [1.807, 2.05) is 6.07 Å². The number of nitrogens with zero attached hydrogens (tertiary/aromatic N) is 1. The van der Waals surface area contributed by atoms with Crippen LogP contribution in [-0.4, -0.2) is 51.1 Å². The first kappa shape index (κ1) is 15.5. The Morgan fingerprint density at radius 3 is 2.57 bits per heavy atom. The summed E-state index contributed by atoms with van der Waals surface area (Å²) in [5.74, 6) is -0.150. The van der Waals surface area contributed by atoms with Crippen molar-refractivity contribution in [3.8, 4) is 17.6 Å². The molecule has 0 bridgehead atoms. The van der Waals surface area contributed by atoms with Gasteiger partial charge in [0.1, 0.15) is 18.3 Å². The highest BCUT2D eigenvalue weighted by molar-refractivity contribution is 5.42. The Kier molecular flexibility index (Phi) is 4.65. The summed E-state index contributed by atoms with van der Waals surface area (Å²) in [6, 6.07) is 6.38. The Bertz CT molecular complexity index is 543. The molecule has 1 aliphatic heterocycles. The predicted molar refractivity (Wildman–Crippen MR) is 70.4 cm³/mol. The van der Waals surface area contributed by atoms with Gasteiger partial charge in [-0.25, -0.2) is 0 Å². The van der Waals surface area contributed by atoms with Gasteiger partial charge in [0.2, 0.25) is 6.29 Å². The van der Waals surface area contributed by atoms with Crippen LogP contribution < -0.4 is 4.74 Å². The number of nitriles is 1. The molecule has 1 aromatic rings. The highest BCUT2D eigenvalue weighted by Crippen LogP contribution is 2.31. The molecule has 1 aromatic carbocycles. The molecule has 0 radical (unpaired) electrons. The van der Waals surface area contributed by atoms with Crippen LogP contribution in [0.1, 0.15) is 12.5 Å². The van der Waals surface area contributed by atoms with Crippen molar-refractivity contribution in [3.05, 3.63) is 23.8 Å². The van der Waals surface area contributed by atoms with Crippen LogP contribution in [0.25, 0.3) is 0 Å². The fraction of sp³-hybridized carbons (Fsp3) is 0.500. The summed E-state index contributed by atoms with van der Waals surface area (Å²) in [7, 11) is 0. The lowest BCUT2D eigenvalue weighted by molar-refractivity contribution is -0.268. The molecule has 0 amide bonds. The molecule has 1 saturated heterocycles. The van der Waals surface area contributed by atoms with Gasteiger partial charge in [0.25, 0.3) is 0 Å². The van der Waals surface area contributed by atoms with Crippen molar-refractivity contribution in [2.24, 2.45) is 0 Å². The van der Waals surface area contributed by atoms with E-state index in [1.165, 1.54) is 19.1 Å². The summed E-state index contributed by atoms with van der Waals surface area (Å²) in [5, 5.41) is 47.5. The zero-order valence-corrected chi connectivity index (χ0v) is 11.4. The molecule has 7 heteroatoms. The van der Waals surface area contributed by atoms with Crippen LogP contribution in [-0.2, 0) is 11.2 Å². The zero-order chi connectivity index (χ0) is 15.6. The summed E-state index contributed by atoms with van der Waals surface area (Å²) in [6.07, 6.45) is -5.86. The second-order valence-electron chi connectivity index (χ2n) is 4.94. The first-order valence-electron chi connectivity index (χ1n) is 6.49. The number of phenolic OH excluding ortho intramolecular Hbond substituents is 1. The van der Waals surface area contributed by atoms with Gasteiger partial charge in [0, 0.05) is 0 Å². The summed E-state index contributed by atoms with van der Waals surface area (Å²) in [6.45, 7) is 1.53. The summed E-state index contributed by atoms with van der Waals surface area (Å²) >= 11 is 0. The normalized spacial score (nSPS) is 32.4. The van der Waals surface area contributed by atoms with Gasteiger partial charge in [0.15, 0.2) is 11.5 Å². The van der Waals surface area contributed by atoms with Crippen LogP contribution in [0.5, 0.6) is 11.5 Å². The van der Waals surface area contributed by atoms with Crippen LogP contribution in [0, 0.1) is 11.3 Å². The third kappa shape index (κ3) is 3.25. The Labute approximate surface area is 121 Å². The molecule has 4 N–H and O–H groups in total. The lowest BCUT2D eigenvalue weighted by Crippen LogP contribution is -2.58. The van der Waals surface area contributed by atoms with Gasteiger partial charge < -0.3 is 29.9 Å². The van der Waals surface area contributed by atoms with Crippen LogP contribution >= 0.6 is 0 Å². The van der Waals surface area contributed by atoms with Crippen molar-refractivity contribution in [2.45, 2.75) is 44.1 Å². The van der Waals surface area contributed by atoms with E-state index < -0.39 is 30.7 Å². The fourth-order valence-electron chi connectivity index (χ4n) is 2.10. The van der Waals surface area contributed by atoms with Gasteiger partial charge in [-0.05, 0) is 24.6 Å². The molecule has 2 rings (SSSR count). The smallest absolute Gasteiger partial charge is 0.229 e. The minimum atomic E-state index is -1.45. The molecule has 0 spiro atoms. The first-order chi connectivity index (χ1) is 9.93. The van der Waals surface area contributed by atoms with Crippen LogP contribution in [0.2, 0.25) is 0 Å². The van der Waals surface area contributed by atoms with E-state index >= 15 is 0 Å². The molecule has 1 fully saturated rings. The Morgan fingerprint density at radius 2 is 1.95 bits per heavy atom. The third-order valence-electron chi connectivity index (χ3n) is 3.36. The molecule has 7 nitrogen and oxygen atoms in total. The number of phenols is 1. The van der Waals surface area contributed by atoms with Gasteiger partial charge in [-0.15, -0.1) is 0 Å². The van der Waals surface area contributed by atoms with Crippen LogP contribution in [0.3, 0.4) is 0 Å². The second-order valence-corrected chi connectivity index (χ2v) is 4.94. The number of rotatable bonds is 3. The highest BCUT2D eigenvalue weighted by Gasteiger charge is 2.43. The number of hydrogen-bond acceptors (Lipinski definition) is 7. The number of hydrogen-bond donors (Lipinski definition) is 4. The van der Waals surface area contributed by atoms with Crippen molar-refractivity contribution < 1.29 is 29.9 Å². The maximum Gasteiger partial charge on any atom is 0.229 e. The number of aliphatic hydroxyl groups excluding tert-OH is 3. The maximum atomic E-state index is 9.84. The lowest BCUT2D eigenvalue weighted by atomic mass is 10.00. The molecular formula is C14H17NO6. The van der Waals surface area contributed by atoms with E-state index in [0.717, 1.165) is 0 Å². The number of ether oxygens (including phenoxy) is 2. The van der Waals surface area contributed by atoms with E-state index in [2.05, 4.69) is 0 Å². The standard InChI is InChI=1S/C14H17NO6/c1-7-11(17)12(18)13(19)14(20-7)21-10-3-2-8(4-5-15)6-9(10)16/h2-3,6-7,11-14,16-19H,4H2,1H3/t7-,11-,12+,13+,14+/m0/s1. The molecular weight excluding hydrogens is 278 g/mol. The lowest BCUT2D eigenvalue weighted by Gasteiger charge is -2.38. The number of benzene rings is 1. The topological polar surface area (TPSA) is 123 Å². The largest absolute Gasteiger partial charge is 0.504 e. The quantitative estimate of drug-likeness (QED) is 0.601. The van der Waals surface area contributed by atoms with E-state index in [1.54, 1.807) is 6.07 Å². The van der Waals surface area contributed by atoms with Crippen molar-refractivity contribution in [1.29, 1.82) is 5.26 Å². The average molecular weight is 295 g/mol. The fourth-order valence-corrected chi connectivity index (χ4v) is 2.10. The highest BCUT2D eigenvalue weighted by atomic mass is 16.7. The monoisotopic (exact) mass is 295 g/mol. The van der Waals surface area contributed by atoms with Gasteiger partial charge in [-0.1, -0.05) is 6.07 Å². The molecule has 5 atom stereocenters. The first-order valence-corrected chi connectivity index (χ1v) is 6.49. The average Bonchev–Trinajstić information content (AvgIpc) is 2.45. The Morgan fingerprint density at radius 1 is 1.24 bits per heavy atom. The maximum absolute atomic E-state index is 9.84. The Balaban J connectivity index is 2.13. The molecule has 114 valence electrons. The summed E-state index contributed by atoms with van der Waals surface area (Å²) < 4.78 is 10.6. The number of aliphatic hydroxyl groups is 3. The molecule has 0 aromatic heterocycles. The number of aromatic hydroxyl groups is 1. The van der Waals surface area contributed by atoms with E-state index in [9.17, 15) is 20.4 Å². The molecule has 0 unspecified atom stereocenters. The van der Waals surface area contributed by atoms with Crippen molar-refractivity contribution in [3.63, 3.8) is 0 Å². The summed E-state index contributed by atoms with van der Waals surface area (Å²) in [4.78, 5) is 0. The predicted octanol–water partition coefficient (Wildman–Crippen LogP) is -0.335. The van der Waals surface area contributed by atoms with Crippen molar-refractivity contribution >= 4 is 0 Å². The van der Waals surface area contributed by atoms with Gasteiger partial charge in [-0.2, -0.15) is 5.26 Å². The minimum absolute atomic E-state index is 0.0523. The summed E-state index contributed by atoms with van der Waals surface area (Å²) in [5.41, 5.74) is 0.622. The second kappa shape index (κ2) is 6.28. The van der Waals surface area contributed by atoms with E-state index in [0.29, 0.717) is 5.56 Å². The van der Waals surface area contributed by atoms with Gasteiger partial charge in [0.05, 0.1) is 18.6 Å². The van der Waals surface area contributed by atoms with E-state index in [-0.39, 0.29) is 17.9 Å². The molecule has 21 heavy (non-hydrogen) atoms. The minimum Gasteiger partial charge on any atom is -0.504 e. The van der Waals surface area contributed by atoms with E-state index in [4.69, 9.17) is 14.7 Å². The zero-order valence-electron chi connectivity index (χ0n) is 11.4. The molecule has 1 aliphatic rings. The molecule has 1 heterocycles. The molecule has 0 saturated carbocycles. The van der Waals surface area contributed by atoms with Crippen molar-refractivity contribution in [2.75, 3.05) is 0 Å². The van der Waals surface area contributed by atoms with Crippen molar-refractivity contribution in [1.82, 2.24) is 0 Å². The van der Waals surface area contributed by atoms with Crippen LogP contribution in [0.15, 0.2) is 18.2 Å². The molecule has 0 aliphatic carbocycles. The Hall–Kier alpha value is -1.85. The van der Waals surface area contributed by atoms with Gasteiger partial charge >= 0.3 is 0 Å². The third-order valence-corrected chi connectivity index (χ3v) is 3.36.